The quantitative estimate of drug-likeness (QED) is 0.658. The molecule has 7 nitrogen and oxygen atoms in total. The van der Waals surface area contributed by atoms with Crippen LogP contribution in [-0.2, 0) is 28.5 Å². The maximum Gasteiger partial charge on any atom is 0.303 e. The van der Waals surface area contributed by atoms with E-state index in [-0.39, 0.29) is 6.61 Å². The lowest BCUT2D eigenvalue weighted by atomic mass is 9.98. The minimum atomic E-state index is -1.27. The highest BCUT2D eigenvalue weighted by atomic mass is 16.7. The van der Waals surface area contributed by atoms with Crippen molar-refractivity contribution in [3.8, 4) is 0 Å². The summed E-state index contributed by atoms with van der Waals surface area (Å²) in [5.41, 5.74) is 0. The monoisotopic (exact) mass is 264 g/mol. The Bertz CT molecular complexity index is 270. The van der Waals surface area contributed by atoms with Gasteiger partial charge in [0.25, 0.3) is 0 Å². The second-order valence-corrected chi connectivity index (χ2v) is 4.00. The molecular weight excluding hydrogens is 244 g/mol. The SMILES string of the molecule is COC[C@H]1O[C@H](O)[C@H](OC(C)=O)[C@@H](OC)[C@@H]1OC. The molecule has 0 aromatic carbocycles. The van der Waals surface area contributed by atoms with Crippen LogP contribution in [0.3, 0.4) is 0 Å². The Morgan fingerprint density at radius 3 is 2.22 bits per heavy atom. The van der Waals surface area contributed by atoms with E-state index >= 15 is 0 Å². The zero-order chi connectivity index (χ0) is 13.7. The predicted molar refractivity (Wildman–Crippen MR) is 59.9 cm³/mol. The molecular formula is C11H20O7. The van der Waals surface area contributed by atoms with E-state index in [4.69, 9.17) is 23.7 Å². The molecule has 0 bridgehead atoms. The normalized spacial score (nSPS) is 36.4. The van der Waals surface area contributed by atoms with Crippen molar-refractivity contribution in [1.29, 1.82) is 0 Å². The van der Waals surface area contributed by atoms with Crippen LogP contribution in [0.2, 0.25) is 0 Å². The fraction of sp³-hybridized carbons (Fsp3) is 0.909. The van der Waals surface area contributed by atoms with Crippen LogP contribution in [0, 0.1) is 0 Å². The Morgan fingerprint density at radius 1 is 1.17 bits per heavy atom. The van der Waals surface area contributed by atoms with Gasteiger partial charge < -0.3 is 28.8 Å². The van der Waals surface area contributed by atoms with Crippen LogP contribution >= 0.6 is 0 Å². The molecule has 7 heteroatoms. The van der Waals surface area contributed by atoms with E-state index in [0.717, 1.165) is 0 Å². The Kier molecular flexibility index (Phi) is 5.97. The molecule has 1 fully saturated rings. The van der Waals surface area contributed by atoms with Gasteiger partial charge in [0, 0.05) is 28.3 Å². The summed E-state index contributed by atoms with van der Waals surface area (Å²) in [5.74, 6) is -0.523. The molecule has 5 atom stereocenters. The number of rotatable bonds is 5. The van der Waals surface area contributed by atoms with Crippen molar-refractivity contribution in [2.24, 2.45) is 0 Å². The highest BCUT2D eigenvalue weighted by molar-refractivity contribution is 5.66. The second-order valence-electron chi connectivity index (χ2n) is 4.00. The first-order valence-electron chi connectivity index (χ1n) is 5.60. The average molecular weight is 264 g/mol. The Hall–Kier alpha value is -0.730. The number of carbonyl (C=O) groups is 1. The Morgan fingerprint density at radius 2 is 1.78 bits per heavy atom. The smallest absolute Gasteiger partial charge is 0.303 e. The number of carbonyl (C=O) groups excluding carboxylic acids is 1. The first kappa shape index (κ1) is 15.3. The predicted octanol–water partition coefficient (Wildman–Crippen LogP) is -0.688. The van der Waals surface area contributed by atoms with E-state index < -0.39 is 36.7 Å². The molecule has 106 valence electrons. The van der Waals surface area contributed by atoms with Crippen LogP contribution < -0.4 is 0 Å². The first-order valence-corrected chi connectivity index (χ1v) is 5.60. The fourth-order valence-corrected chi connectivity index (χ4v) is 2.06. The van der Waals surface area contributed by atoms with Gasteiger partial charge in [-0.15, -0.1) is 0 Å². The average Bonchev–Trinajstić information content (AvgIpc) is 2.31. The number of aliphatic hydroxyl groups excluding tert-OH is 1. The molecule has 1 N–H and O–H groups in total. The highest BCUT2D eigenvalue weighted by Gasteiger charge is 2.47. The van der Waals surface area contributed by atoms with Gasteiger partial charge in [0.15, 0.2) is 12.4 Å². The van der Waals surface area contributed by atoms with E-state index in [1.54, 1.807) is 0 Å². The molecule has 0 radical (unpaired) electrons. The second kappa shape index (κ2) is 7.01. The maximum atomic E-state index is 11.0. The molecule has 0 aromatic heterocycles. The number of esters is 1. The highest BCUT2D eigenvalue weighted by Crippen LogP contribution is 2.26. The lowest BCUT2D eigenvalue weighted by Gasteiger charge is -2.42. The zero-order valence-corrected chi connectivity index (χ0v) is 11.0. The lowest BCUT2D eigenvalue weighted by molar-refractivity contribution is -0.298. The number of hydrogen-bond acceptors (Lipinski definition) is 7. The Labute approximate surface area is 106 Å². The first-order chi connectivity index (χ1) is 8.54. The molecule has 0 saturated carbocycles. The van der Waals surface area contributed by atoms with Crippen molar-refractivity contribution in [3.05, 3.63) is 0 Å². The van der Waals surface area contributed by atoms with E-state index in [9.17, 15) is 9.90 Å². The van der Waals surface area contributed by atoms with Crippen LogP contribution in [0.15, 0.2) is 0 Å². The van der Waals surface area contributed by atoms with Crippen molar-refractivity contribution in [1.82, 2.24) is 0 Å². The van der Waals surface area contributed by atoms with E-state index in [1.807, 2.05) is 0 Å². The van der Waals surface area contributed by atoms with Gasteiger partial charge in [-0.25, -0.2) is 0 Å². The molecule has 0 spiro atoms. The molecule has 0 amide bonds. The molecule has 0 aromatic rings. The van der Waals surface area contributed by atoms with Crippen LogP contribution in [0.4, 0.5) is 0 Å². The van der Waals surface area contributed by atoms with E-state index in [2.05, 4.69) is 0 Å². The largest absolute Gasteiger partial charge is 0.454 e. The van der Waals surface area contributed by atoms with Gasteiger partial charge in [0.2, 0.25) is 0 Å². The van der Waals surface area contributed by atoms with Gasteiger partial charge in [-0.05, 0) is 0 Å². The fourth-order valence-electron chi connectivity index (χ4n) is 2.06. The molecule has 18 heavy (non-hydrogen) atoms. The number of ether oxygens (including phenoxy) is 5. The third-order valence-electron chi connectivity index (χ3n) is 2.79. The van der Waals surface area contributed by atoms with Gasteiger partial charge in [-0.2, -0.15) is 0 Å². The summed E-state index contributed by atoms with van der Waals surface area (Å²) in [6.07, 6.45) is -3.81. The minimum absolute atomic E-state index is 0.238. The summed E-state index contributed by atoms with van der Waals surface area (Å²) in [4.78, 5) is 11.0. The summed E-state index contributed by atoms with van der Waals surface area (Å²) in [5, 5.41) is 9.84. The van der Waals surface area contributed by atoms with Crippen molar-refractivity contribution >= 4 is 5.97 Å². The lowest BCUT2D eigenvalue weighted by Crippen LogP contribution is -2.61. The van der Waals surface area contributed by atoms with Gasteiger partial charge >= 0.3 is 5.97 Å². The van der Waals surface area contributed by atoms with Gasteiger partial charge in [0.05, 0.1) is 6.61 Å². The van der Waals surface area contributed by atoms with E-state index in [0.29, 0.717) is 0 Å². The molecule has 1 heterocycles. The van der Waals surface area contributed by atoms with Crippen LogP contribution in [0.25, 0.3) is 0 Å². The number of aliphatic hydroxyl groups is 1. The Balaban J connectivity index is 2.85. The van der Waals surface area contributed by atoms with Crippen molar-refractivity contribution in [3.63, 3.8) is 0 Å². The molecule has 1 rings (SSSR count). The topological polar surface area (TPSA) is 83.5 Å². The van der Waals surface area contributed by atoms with Gasteiger partial charge in [-0.3, -0.25) is 4.79 Å². The molecule has 1 saturated heterocycles. The summed E-state index contributed by atoms with van der Waals surface area (Å²) < 4.78 is 25.9. The zero-order valence-electron chi connectivity index (χ0n) is 11.0. The minimum Gasteiger partial charge on any atom is -0.454 e. The number of methoxy groups -OCH3 is 3. The van der Waals surface area contributed by atoms with Crippen LogP contribution in [-0.4, -0.2) is 69.7 Å². The van der Waals surface area contributed by atoms with Crippen molar-refractivity contribution < 1.29 is 33.6 Å². The molecule has 0 unspecified atom stereocenters. The standard InChI is InChI=1S/C11H20O7/c1-6(12)17-10-9(16-4)8(15-3)7(5-14-2)18-11(10)13/h7-11,13H,5H2,1-4H3/t7-,8-,9+,10-,11+/m1/s1. The summed E-state index contributed by atoms with van der Waals surface area (Å²) >= 11 is 0. The molecule has 1 aliphatic rings. The third-order valence-corrected chi connectivity index (χ3v) is 2.79. The maximum absolute atomic E-state index is 11.0. The number of hydrogen-bond donors (Lipinski definition) is 1. The summed E-state index contributed by atoms with van der Waals surface area (Å²) in [6.45, 7) is 1.49. The van der Waals surface area contributed by atoms with E-state index in [1.165, 1.54) is 28.3 Å². The third kappa shape index (κ3) is 3.39. The van der Waals surface area contributed by atoms with Gasteiger partial charge in [-0.1, -0.05) is 0 Å². The van der Waals surface area contributed by atoms with Crippen molar-refractivity contribution in [2.45, 2.75) is 37.6 Å². The molecule has 1 aliphatic heterocycles. The van der Waals surface area contributed by atoms with Crippen LogP contribution in [0.5, 0.6) is 0 Å². The molecule has 0 aliphatic carbocycles. The summed E-state index contributed by atoms with van der Waals surface area (Å²) in [6, 6.07) is 0. The van der Waals surface area contributed by atoms with Crippen molar-refractivity contribution in [2.75, 3.05) is 27.9 Å². The van der Waals surface area contributed by atoms with Gasteiger partial charge in [0.1, 0.15) is 18.3 Å². The van der Waals surface area contributed by atoms with Crippen LogP contribution in [0.1, 0.15) is 6.92 Å². The summed E-state index contributed by atoms with van der Waals surface area (Å²) in [7, 11) is 4.46.